The van der Waals surface area contributed by atoms with Crippen LogP contribution in [0.25, 0.3) is 0 Å². The van der Waals surface area contributed by atoms with Crippen molar-refractivity contribution < 1.29 is 48.3 Å². The zero-order chi connectivity index (χ0) is 32.6. The number of carbonyl (C=O) groups excluding carboxylic acids is 1. The van der Waals surface area contributed by atoms with Gasteiger partial charge < -0.3 is 29.9 Å². The number of aromatic nitrogens is 4. The summed E-state index contributed by atoms with van der Waals surface area (Å²) in [5.74, 6) is -2.59. The second-order valence-electron chi connectivity index (χ2n) is 10.0. The Hall–Kier alpha value is -2.36. The third kappa shape index (κ3) is 7.53. The van der Waals surface area contributed by atoms with E-state index in [1.54, 1.807) is 0 Å². The van der Waals surface area contributed by atoms with Gasteiger partial charge in [0, 0.05) is 36.9 Å². The van der Waals surface area contributed by atoms with Crippen LogP contribution in [0, 0.1) is 13.8 Å². The maximum absolute atomic E-state index is 14.0. The number of nitrogens with zero attached hydrogens (tertiary/aromatic N) is 2. The Morgan fingerprint density at radius 2 is 1.68 bits per heavy atom. The normalized spacial score (nSPS) is 29.0. The van der Waals surface area contributed by atoms with E-state index in [0.29, 0.717) is 23.1 Å². The lowest BCUT2D eigenvalue weighted by molar-refractivity contribution is -0.199. The van der Waals surface area contributed by atoms with Gasteiger partial charge >= 0.3 is 18.2 Å². The number of hydrogen-bond acceptors (Lipinski definition) is 16. The van der Waals surface area contributed by atoms with Crippen LogP contribution in [0.3, 0.4) is 0 Å². The molecule has 0 aliphatic carbocycles. The SMILES string of the molecule is CC(=O)SCSP(=O)(OC(O)[C@H]1O[C@@H](n2cc(C)c(=O)[nH]c2=O)C[C@@H]1O)O[C@@]1(O)C[C@H](n2cc(C)c(=O)[nH]c2=O)O[C@@H]1CO. The third-order valence-electron chi connectivity index (χ3n) is 6.77. The lowest BCUT2D eigenvalue weighted by atomic mass is 10.1. The zero-order valence-electron chi connectivity index (χ0n) is 23.5. The number of H-pyrrole nitrogens is 2. The van der Waals surface area contributed by atoms with Gasteiger partial charge in [-0.15, -0.1) is 0 Å². The predicted octanol–water partition coefficient (Wildman–Crippen LogP) is -1.25. The predicted molar refractivity (Wildman–Crippen MR) is 154 cm³/mol. The van der Waals surface area contributed by atoms with Crippen LogP contribution in [-0.2, 0) is 27.9 Å². The van der Waals surface area contributed by atoms with Gasteiger partial charge in [-0.2, -0.15) is 0 Å². The first-order valence-electron chi connectivity index (χ1n) is 13.0. The van der Waals surface area contributed by atoms with E-state index in [2.05, 4.69) is 9.97 Å². The Balaban J connectivity index is 1.57. The fraction of sp³-hybridized carbons (Fsp3) is 0.609. The van der Waals surface area contributed by atoms with Crippen molar-refractivity contribution in [1.29, 1.82) is 0 Å². The number of rotatable bonds is 11. The summed E-state index contributed by atoms with van der Waals surface area (Å²) in [6.07, 6.45) is -7.82. The Morgan fingerprint density at radius 1 is 1.11 bits per heavy atom. The van der Waals surface area contributed by atoms with E-state index in [4.69, 9.17) is 18.5 Å². The summed E-state index contributed by atoms with van der Waals surface area (Å²) in [5, 5.41) is 42.1. The van der Waals surface area contributed by atoms with Crippen LogP contribution in [0.2, 0.25) is 0 Å². The van der Waals surface area contributed by atoms with Crippen molar-refractivity contribution in [2.45, 2.75) is 76.5 Å². The topological polar surface area (TPSA) is 262 Å². The van der Waals surface area contributed by atoms with E-state index in [9.17, 15) is 49.0 Å². The molecule has 2 aliphatic heterocycles. The number of thioether (sulfide) groups is 1. The van der Waals surface area contributed by atoms with Crippen LogP contribution in [0.1, 0.15) is 43.3 Å². The second-order valence-corrected chi connectivity index (χ2v) is 15.5. The molecule has 244 valence electrons. The van der Waals surface area contributed by atoms with Crippen molar-refractivity contribution in [3.8, 4) is 0 Å². The average Bonchev–Trinajstić information content (AvgIpc) is 3.46. The summed E-state index contributed by atoms with van der Waals surface area (Å²) in [5.41, 5.74) is -2.72. The van der Waals surface area contributed by atoms with Crippen molar-refractivity contribution in [2.75, 3.05) is 11.7 Å². The smallest absolute Gasteiger partial charge is 0.393 e. The highest BCUT2D eigenvalue weighted by Gasteiger charge is 2.55. The molecule has 18 nitrogen and oxygen atoms in total. The molecule has 4 heterocycles. The minimum absolute atomic E-state index is 0.131. The Kier molecular flexibility index (Phi) is 10.6. The molecule has 6 N–H and O–H groups in total. The highest BCUT2D eigenvalue weighted by atomic mass is 32.7. The quantitative estimate of drug-likeness (QED) is 0.119. The molecular formula is C23H31N4O14PS2. The van der Waals surface area contributed by atoms with Crippen molar-refractivity contribution in [1.82, 2.24) is 19.1 Å². The number of aliphatic hydroxyl groups excluding tert-OH is 3. The van der Waals surface area contributed by atoms with Crippen LogP contribution < -0.4 is 22.5 Å². The Morgan fingerprint density at radius 3 is 2.23 bits per heavy atom. The van der Waals surface area contributed by atoms with Crippen LogP contribution in [0.15, 0.2) is 31.6 Å². The molecule has 2 fully saturated rings. The largest absolute Gasteiger partial charge is 0.394 e. The number of aromatic amines is 2. The van der Waals surface area contributed by atoms with Gasteiger partial charge in [0.15, 0.2) is 11.4 Å². The second kappa shape index (κ2) is 13.6. The third-order valence-corrected chi connectivity index (χ3v) is 11.8. The first-order chi connectivity index (χ1) is 20.6. The zero-order valence-corrected chi connectivity index (χ0v) is 26.0. The molecule has 4 rings (SSSR count). The maximum Gasteiger partial charge on any atom is 0.394 e. The molecule has 2 unspecified atom stereocenters. The van der Waals surface area contributed by atoms with Crippen molar-refractivity contribution in [3.63, 3.8) is 0 Å². The fourth-order valence-corrected chi connectivity index (χ4v) is 9.65. The van der Waals surface area contributed by atoms with Gasteiger partial charge in [-0.1, -0.05) is 11.8 Å². The number of ether oxygens (including phenoxy) is 2. The van der Waals surface area contributed by atoms with Gasteiger partial charge in [0.1, 0.15) is 24.7 Å². The Bertz CT molecular complexity index is 1680. The van der Waals surface area contributed by atoms with E-state index in [1.807, 2.05) is 0 Å². The van der Waals surface area contributed by atoms with Crippen molar-refractivity contribution in [2.24, 2.45) is 0 Å². The molecule has 0 saturated carbocycles. The summed E-state index contributed by atoms with van der Waals surface area (Å²) in [6, 6.07) is 0. The lowest BCUT2D eigenvalue weighted by Crippen LogP contribution is -2.43. The van der Waals surface area contributed by atoms with Gasteiger partial charge in [-0.25, -0.2) is 14.2 Å². The highest BCUT2D eigenvalue weighted by Crippen LogP contribution is 2.66. The van der Waals surface area contributed by atoms with Gasteiger partial charge in [0.2, 0.25) is 5.79 Å². The summed E-state index contributed by atoms with van der Waals surface area (Å²) < 4.78 is 37.9. The molecule has 8 atom stereocenters. The van der Waals surface area contributed by atoms with E-state index < -0.39 is 85.2 Å². The molecule has 2 aliphatic rings. The lowest BCUT2D eigenvalue weighted by Gasteiger charge is -2.32. The van der Waals surface area contributed by atoms with E-state index in [1.165, 1.54) is 27.0 Å². The Labute approximate surface area is 255 Å². The number of aliphatic hydroxyl groups is 4. The molecule has 2 aromatic heterocycles. The van der Waals surface area contributed by atoms with Gasteiger partial charge in [0.05, 0.1) is 24.2 Å². The molecule has 0 amide bonds. The molecule has 0 spiro atoms. The van der Waals surface area contributed by atoms with Crippen LogP contribution in [0.5, 0.6) is 0 Å². The van der Waals surface area contributed by atoms with Gasteiger partial charge in [0.25, 0.3) is 11.1 Å². The van der Waals surface area contributed by atoms with Crippen LogP contribution in [0.4, 0.5) is 0 Å². The molecule has 0 aromatic carbocycles. The first-order valence-corrected chi connectivity index (χ1v) is 17.1. The molecule has 2 saturated heterocycles. The van der Waals surface area contributed by atoms with E-state index in [0.717, 1.165) is 15.3 Å². The number of nitrogens with one attached hydrogen (secondary N) is 2. The van der Waals surface area contributed by atoms with E-state index in [-0.39, 0.29) is 27.7 Å². The van der Waals surface area contributed by atoms with Crippen molar-refractivity contribution >= 4 is 35.1 Å². The average molecular weight is 683 g/mol. The molecule has 44 heavy (non-hydrogen) atoms. The first kappa shape index (κ1) is 34.5. The molecular weight excluding hydrogens is 651 g/mol. The minimum atomic E-state index is -4.74. The minimum Gasteiger partial charge on any atom is -0.393 e. The summed E-state index contributed by atoms with van der Waals surface area (Å²) in [4.78, 5) is 63.9. The van der Waals surface area contributed by atoms with Crippen molar-refractivity contribution in [3.05, 3.63) is 65.2 Å². The molecule has 21 heteroatoms. The summed E-state index contributed by atoms with van der Waals surface area (Å²) in [7, 11) is 0. The van der Waals surface area contributed by atoms with Gasteiger partial charge in [-0.05, 0) is 25.2 Å². The monoisotopic (exact) mass is 682 g/mol. The molecule has 0 bridgehead atoms. The molecule has 0 radical (unpaired) electrons. The van der Waals surface area contributed by atoms with Gasteiger partial charge in [-0.3, -0.25) is 42.5 Å². The highest BCUT2D eigenvalue weighted by molar-refractivity contribution is 8.58. The van der Waals surface area contributed by atoms with Crippen LogP contribution in [-0.4, -0.2) is 86.7 Å². The number of carbonyl (C=O) groups is 1. The molecule has 2 aromatic rings. The summed E-state index contributed by atoms with van der Waals surface area (Å²) in [6.45, 7) is -1.53. The number of hydrogen-bond donors (Lipinski definition) is 6. The number of aryl methyl sites for hydroxylation is 2. The maximum atomic E-state index is 14.0. The summed E-state index contributed by atoms with van der Waals surface area (Å²) >= 11 is 1.10. The van der Waals surface area contributed by atoms with Crippen LogP contribution >= 0.6 is 29.9 Å². The van der Waals surface area contributed by atoms with E-state index >= 15 is 0 Å². The fourth-order valence-electron chi connectivity index (χ4n) is 4.51. The standard InChI is InChI=1S/C23H31N4O14PS2/c1-10-6-26(21(34)24-18(10)31)15-4-13(30)17(39-15)20(33)40-42(37,44-9-43-12(3)29)41-23(36)5-16(38-14(23)8-28)27-7-11(2)19(32)25-22(27)35/h6-7,13-17,20,28,30,33,36H,4-5,8-9H2,1-3H3,(H,24,31,34)(H,25,32,35)/t13-,14+,15+,16+,17-,20?,23-,42?/m0/s1.